The normalized spacial score (nSPS) is 15.8. The zero-order chi connectivity index (χ0) is 19.0. The van der Waals surface area contributed by atoms with Crippen molar-refractivity contribution in [3.63, 3.8) is 0 Å². The molecule has 1 N–H and O–H groups in total. The summed E-state index contributed by atoms with van der Waals surface area (Å²) >= 11 is 0. The predicted octanol–water partition coefficient (Wildman–Crippen LogP) is 3.76. The van der Waals surface area contributed by atoms with Crippen LogP contribution in [0.5, 0.6) is 0 Å². The first-order valence-corrected chi connectivity index (χ1v) is 8.93. The smallest absolute Gasteiger partial charge is 0.167 e. The molecule has 0 heterocycles. The third kappa shape index (κ3) is 6.06. The lowest BCUT2D eigenvalue weighted by Crippen LogP contribution is -2.45. The van der Waals surface area contributed by atoms with Crippen molar-refractivity contribution in [2.45, 2.75) is 45.7 Å². The molecule has 140 valence electrons. The van der Waals surface area contributed by atoms with Gasteiger partial charge in [-0.25, -0.2) is 0 Å². The molecule has 0 radical (unpaired) electrons. The van der Waals surface area contributed by atoms with Gasteiger partial charge in [0.1, 0.15) is 6.10 Å². The monoisotopic (exact) mass is 356 g/mol. The van der Waals surface area contributed by atoms with Gasteiger partial charge < -0.3 is 14.6 Å². The number of benzene rings is 2. The van der Waals surface area contributed by atoms with E-state index in [0.29, 0.717) is 13.2 Å². The van der Waals surface area contributed by atoms with Crippen molar-refractivity contribution in [1.29, 1.82) is 0 Å². The van der Waals surface area contributed by atoms with Gasteiger partial charge in [0.2, 0.25) is 0 Å². The Balaban J connectivity index is 1.82. The van der Waals surface area contributed by atoms with Crippen molar-refractivity contribution in [3.8, 4) is 0 Å². The molecule has 2 rings (SSSR count). The van der Waals surface area contributed by atoms with E-state index in [1.165, 1.54) is 0 Å². The number of ether oxygens (including phenoxy) is 2. The van der Waals surface area contributed by atoms with Gasteiger partial charge >= 0.3 is 0 Å². The maximum atomic E-state index is 12.6. The molecule has 4 heteroatoms. The Morgan fingerprint density at radius 2 is 1.46 bits per heavy atom. The summed E-state index contributed by atoms with van der Waals surface area (Å²) in [6.07, 6.45) is -0.592. The number of carbonyl (C=O) groups is 1. The fraction of sp³-hybridized carbons (Fsp3) is 0.409. The molecule has 2 aromatic carbocycles. The van der Waals surface area contributed by atoms with E-state index >= 15 is 0 Å². The molecule has 0 saturated heterocycles. The van der Waals surface area contributed by atoms with E-state index in [2.05, 4.69) is 0 Å². The molecule has 0 saturated carbocycles. The van der Waals surface area contributed by atoms with Crippen LogP contribution < -0.4 is 0 Å². The first-order valence-electron chi connectivity index (χ1n) is 8.93. The molecular formula is C22H28O4. The van der Waals surface area contributed by atoms with Gasteiger partial charge in [-0.1, -0.05) is 67.6 Å². The molecule has 0 amide bonds. The third-order valence-electron chi connectivity index (χ3n) is 4.61. The number of Topliss-reactive ketones (excluding diaryl/α,β-unsaturated/α-hetero) is 1. The highest BCUT2D eigenvalue weighted by Crippen LogP contribution is 2.21. The minimum absolute atomic E-state index is 0.0835. The quantitative estimate of drug-likeness (QED) is 0.704. The second kappa shape index (κ2) is 9.62. The van der Waals surface area contributed by atoms with Crippen LogP contribution in [0.25, 0.3) is 0 Å². The molecule has 0 aromatic heterocycles. The topological polar surface area (TPSA) is 55.8 Å². The summed E-state index contributed by atoms with van der Waals surface area (Å²) in [6.45, 7) is 5.93. The minimum atomic E-state index is -1.25. The van der Waals surface area contributed by atoms with Gasteiger partial charge in [0.05, 0.1) is 25.4 Å². The van der Waals surface area contributed by atoms with Gasteiger partial charge in [-0.3, -0.25) is 4.79 Å². The van der Waals surface area contributed by atoms with E-state index < -0.39 is 17.6 Å². The summed E-state index contributed by atoms with van der Waals surface area (Å²) in [5.41, 5.74) is 0.788. The van der Waals surface area contributed by atoms with E-state index in [-0.39, 0.29) is 12.4 Å². The Kier molecular flexibility index (Phi) is 7.51. The van der Waals surface area contributed by atoms with E-state index in [1.807, 2.05) is 60.7 Å². The van der Waals surface area contributed by atoms with Crippen LogP contribution in [0, 0.1) is 5.92 Å². The molecule has 2 aromatic rings. The van der Waals surface area contributed by atoms with Crippen molar-refractivity contribution < 1.29 is 19.4 Å². The van der Waals surface area contributed by atoms with Crippen LogP contribution in [0.2, 0.25) is 0 Å². The van der Waals surface area contributed by atoms with E-state index in [0.717, 1.165) is 11.1 Å². The molecule has 0 fully saturated rings. The maximum Gasteiger partial charge on any atom is 0.167 e. The fourth-order valence-corrected chi connectivity index (χ4v) is 2.61. The van der Waals surface area contributed by atoms with Gasteiger partial charge in [0.15, 0.2) is 5.78 Å². The Bertz CT molecular complexity index is 667. The lowest BCUT2D eigenvalue weighted by atomic mass is 9.86. The Labute approximate surface area is 155 Å². The van der Waals surface area contributed by atoms with Gasteiger partial charge in [-0.2, -0.15) is 0 Å². The molecular weight excluding hydrogens is 328 g/mol. The van der Waals surface area contributed by atoms with Crippen molar-refractivity contribution in [1.82, 2.24) is 0 Å². The number of hydrogen-bond donors (Lipinski definition) is 1. The highest BCUT2D eigenvalue weighted by atomic mass is 16.5. The number of carbonyl (C=O) groups excluding carboxylic acids is 1. The van der Waals surface area contributed by atoms with Crippen molar-refractivity contribution in [2.24, 2.45) is 5.92 Å². The van der Waals surface area contributed by atoms with Crippen LogP contribution >= 0.6 is 0 Å². The SMILES string of the molecule is C[C@H](OCc1ccccc1)C(=O)[C@@H](C)[C@@](C)(O)COCc1ccccc1. The molecule has 4 nitrogen and oxygen atoms in total. The fourth-order valence-electron chi connectivity index (χ4n) is 2.61. The van der Waals surface area contributed by atoms with Gasteiger partial charge in [-0.15, -0.1) is 0 Å². The summed E-state index contributed by atoms with van der Waals surface area (Å²) in [7, 11) is 0. The molecule has 26 heavy (non-hydrogen) atoms. The zero-order valence-corrected chi connectivity index (χ0v) is 15.7. The van der Waals surface area contributed by atoms with Crippen LogP contribution in [-0.4, -0.2) is 29.2 Å². The first kappa shape index (κ1) is 20.3. The molecule has 0 unspecified atom stereocenters. The van der Waals surface area contributed by atoms with Crippen LogP contribution in [0.3, 0.4) is 0 Å². The van der Waals surface area contributed by atoms with Gasteiger partial charge in [0, 0.05) is 5.92 Å². The van der Waals surface area contributed by atoms with Crippen LogP contribution in [-0.2, 0) is 27.5 Å². The summed E-state index contributed by atoms with van der Waals surface area (Å²) in [4.78, 5) is 12.6. The second-order valence-corrected chi connectivity index (χ2v) is 6.90. The first-order chi connectivity index (χ1) is 12.4. The lowest BCUT2D eigenvalue weighted by molar-refractivity contribution is -0.146. The van der Waals surface area contributed by atoms with Crippen molar-refractivity contribution in [3.05, 3.63) is 71.8 Å². The molecule has 0 aliphatic carbocycles. The third-order valence-corrected chi connectivity index (χ3v) is 4.61. The number of aliphatic hydroxyl groups is 1. The molecule has 3 atom stereocenters. The van der Waals surface area contributed by atoms with E-state index in [9.17, 15) is 9.90 Å². The number of hydrogen-bond acceptors (Lipinski definition) is 4. The summed E-state index contributed by atoms with van der Waals surface area (Å²) in [5, 5.41) is 10.7. The predicted molar refractivity (Wildman–Crippen MR) is 102 cm³/mol. The number of rotatable bonds is 10. The highest BCUT2D eigenvalue weighted by molar-refractivity contribution is 5.85. The van der Waals surface area contributed by atoms with Crippen LogP contribution in [0.15, 0.2) is 60.7 Å². The van der Waals surface area contributed by atoms with Crippen LogP contribution in [0.1, 0.15) is 31.9 Å². The minimum Gasteiger partial charge on any atom is -0.387 e. The highest BCUT2D eigenvalue weighted by Gasteiger charge is 2.36. The summed E-state index contributed by atoms with van der Waals surface area (Å²) in [6, 6.07) is 19.5. The van der Waals surface area contributed by atoms with Crippen LogP contribution in [0.4, 0.5) is 0 Å². The van der Waals surface area contributed by atoms with Crippen molar-refractivity contribution >= 4 is 5.78 Å². The molecule has 0 aliphatic rings. The zero-order valence-electron chi connectivity index (χ0n) is 15.7. The maximum absolute atomic E-state index is 12.6. The standard InChI is InChI=1S/C22H28O4/c1-17(21(23)18(2)26-15-20-12-8-5-9-13-20)22(3,24)16-25-14-19-10-6-4-7-11-19/h4-13,17-18,24H,14-16H2,1-3H3/t17-,18+,22+/m1/s1. The van der Waals surface area contributed by atoms with Gasteiger partial charge in [-0.05, 0) is 25.0 Å². The van der Waals surface area contributed by atoms with Gasteiger partial charge in [0.25, 0.3) is 0 Å². The largest absolute Gasteiger partial charge is 0.387 e. The molecule has 0 spiro atoms. The Morgan fingerprint density at radius 3 is 2.00 bits per heavy atom. The lowest BCUT2D eigenvalue weighted by Gasteiger charge is -2.30. The Morgan fingerprint density at radius 1 is 0.962 bits per heavy atom. The second-order valence-electron chi connectivity index (χ2n) is 6.90. The van der Waals surface area contributed by atoms with Crippen molar-refractivity contribution in [2.75, 3.05) is 6.61 Å². The van der Waals surface area contributed by atoms with E-state index in [4.69, 9.17) is 9.47 Å². The molecule has 0 bridgehead atoms. The average Bonchev–Trinajstić information content (AvgIpc) is 2.66. The average molecular weight is 356 g/mol. The summed E-state index contributed by atoms with van der Waals surface area (Å²) < 4.78 is 11.3. The number of ketones is 1. The van der Waals surface area contributed by atoms with E-state index in [1.54, 1.807) is 20.8 Å². The summed E-state index contributed by atoms with van der Waals surface area (Å²) in [5.74, 6) is -0.724. The Hall–Kier alpha value is -2.01. The molecule has 0 aliphatic heterocycles.